The monoisotopic (exact) mass is 520 g/mol. The number of carbonyl (C=O) groups excluding carboxylic acids is 1. The molecule has 0 amide bonds. The number of likely N-dealkylation sites (N-methyl/N-ethyl adjacent to an activating group) is 2. The highest BCUT2D eigenvalue weighted by Gasteiger charge is 2.19. The predicted molar refractivity (Wildman–Crippen MR) is 151 cm³/mol. The Bertz CT molecular complexity index is 1390. The van der Waals surface area contributed by atoms with Crippen molar-refractivity contribution in [3.8, 4) is 11.5 Å². The van der Waals surface area contributed by atoms with E-state index in [9.17, 15) is 4.79 Å². The van der Waals surface area contributed by atoms with Gasteiger partial charge in [0.05, 0.1) is 42.9 Å². The first-order chi connectivity index (χ1) is 18.2. The molecule has 0 radical (unpaired) electrons. The Balaban J connectivity index is 1.53. The fraction of sp³-hybridized carbons (Fsp3) is 0.483. The van der Waals surface area contributed by atoms with E-state index in [1.54, 1.807) is 19.5 Å². The zero-order valence-corrected chi connectivity index (χ0v) is 23.6. The van der Waals surface area contributed by atoms with Crippen LogP contribution >= 0.6 is 0 Å². The summed E-state index contributed by atoms with van der Waals surface area (Å²) in [6, 6.07) is 0.725. The van der Waals surface area contributed by atoms with Crippen molar-refractivity contribution in [3.05, 3.63) is 48.3 Å². The fourth-order valence-corrected chi connectivity index (χ4v) is 4.83. The van der Waals surface area contributed by atoms with Gasteiger partial charge in [-0.3, -0.25) is 14.8 Å². The number of nitrogens with zero attached hydrogens (tertiary/aromatic N) is 5. The molecule has 38 heavy (non-hydrogen) atoms. The number of carbonyl (C=O) groups is 1. The second-order valence-corrected chi connectivity index (χ2v) is 10.4. The smallest absolute Gasteiger partial charge is 0.308 e. The van der Waals surface area contributed by atoms with Crippen molar-refractivity contribution in [1.29, 1.82) is 0 Å². The summed E-state index contributed by atoms with van der Waals surface area (Å²) in [6.07, 6.45) is 13.1. The van der Waals surface area contributed by atoms with Crippen molar-refractivity contribution in [2.45, 2.75) is 59.2 Å². The van der Waals surface area contributed by atoms with Gasteiger partial charge in [-0.2, -0.15) is 0 Å². The molecule has 1 N–H and O–H groups in total. The Morgan fingerprint density at radius 3 is 2.37 bits per heavy atom. The van der Waals surface area contributed by atoms with Crippen LogP contribution in [0.15, 0.2) is 37.2 Å². The molecule has 0 aliphatic heterocycles. The van der Waals surface area contributed by atoms with Crippen LogP contribution in [0, 0.1) is 0 Å². The van der Waals surface area contributed by atoms with Gasteiger partial charge in [0.15, 0.2) is 5.75 Å². The van der Waals surface area contributed by atoms with Crippen LogP contribution in [-0.4, -0.2) is 81.7 Å². The zero-order chi connectivity index (χ0) is 27.4. The number of H-pyrrole nitrogens is 1. The van der Waals surface area contributed by atoms with Crippen LogP contribution in [0.25, 0.3) is 21.8 Å². The summed E-state index contributed by atoms with van der Waals surface area (Å²) >= 11 is 0. The summed E-state index contributed by atoms with van der Waals surface area (Å²) in [6.45, 7) is 10.6. The number of pyridine rings is 2. The van der Waals surface area contributed by atoms with Gasteiger partial charge < -0.3 is 28.8 Å². The van der Waals surface area contributed by atoms with Gasteiger partial charge in [0.25, 0.3) is 0 Å². The normalized spacial score (nSPS) is 12.8. The number of fused-ring (bicyclic) bond motifs is 2. The fourth-order valence-electron chi connectivity index (χ4n) is 4.83. The standard InChI is InChI=1S/C29H40N6O3/c1-19(2)33(5)10-9-23-18-35(25-14-31-16-27(29(23)25)38-21(4)36)17-20(3)34(6)11-8-22-12-32-24-13-30-15-26(37-7)28(22)24/h12-16,18-20,32H,8-11,17H2,1-7H3. The van der Waals surface area contributed by atoms with E-state index in [0.29, 0.717) is 11.8 Å². The SMILES string of the molecule is COc1cncc2[nH]cc(CCN(C)C(C)Cn3cc(CCN(C)C(C)C)c4c(OC(C)=O)cncc43)c12. The highest BCUT2D eigenvalue weighted by atomic mass is 16.5. The predicted octanol–water partition coefficient (Wildman–Crippen LogP) is 4.29. The van der Waals surface area contributed by atoms with E-state index in [1.165, 1.54) is 18.1 Å². The highest BCUT2D eigenvalue weighted by Crippen LogP contribution is 2.31. The quantitative estimate of drug-likeness (QED) is 0.279. The third-order valence-corrected chi connectivity index (χ3v) is 7.50. The molecule has 9 nitrogen and oxygen atoms in total. The van der Waals surface area contributed by atoms with Crippen LogP contribution in [-0.2, 0) is 24.2 Å². The van der Waals surface area contributed by atoms with Crippen molar-refractivity contribution in [2.24, 2.45) is 0 Å². The maximum atomic E-state index is 11.8. The second-order valence-electron chi connectivity index (χ2n) is 10.4. The minimum absolute atomic E-state index is 0.267. The lowest BCUT2D eigenvalue weighted by Gasteiger charge is -2.25. The summed E-state index contributed by atoms with van der Waals surface area (Å²) in [5, 5.41) is 2.07. The molecule has 0 fully saturated rings. The Morgan fingerprint density at radius 2 is 1.66 bits per heavy atom. The molecule has 204 valence electrons. The third kappa shape index (κ3) is 6.00. The molecule has 9 heteroatoms. The lowest BCUT2D eigenvalue weighted by atomic mass is 10.1. The second kappa shape index (κ2) is 12.0. The molecule has 1 unspecified atom stereocenters. The lowest BCUT2D eigenvalue weighted by Crippen LogP contribution is -2.34. The Morgan fingerprint density at radius 1 is 0.974 bits per heavy atom. The molecule has 0 aliphatic carbocycles. The summed E-state index contributed by atoms with van der Waals surface area (Å²) < 4.78 is 13.4. The third-order valence-electron chi connectivity index (χ3n) is 7.50. The van der Waals surface area contributed by atoms with Crippen molar-refractivity contribution < 1.29 is 14.3 Å². The highest BCUT2D eigenvalue weighted by molar-refractivity contribution is 5.91. The van der Waals surface area contributed by atoms with Crippen LogP contribution in [0.2, 0.25) is 0 Å². The molecule has 0 aromatic carbocycles. The lowest BCUT2D eigenvalue weighted by molar-refractivity contribution is -0.131. The molecule has 4 aromatic rings. The van der Waals surface area contributed by atoms with E-state index in [2.05, 4.69) is 76.6 Å². The van der Waals surface area contributed by atoms with E-state index in [4.69, 9.17) is 9.47 Å². The maximum absolute atomic E-state index is 11.8. The number of aromatic nitrogens is 4. The van der Waals surface area contributed by atoms with Gasteiger partial charge in [0.2, 0.25) is 0 Å². The first-order valence-electron chi connectivity index (χ1n) is 13.2. The zero-order valence-electron chi connectivity index (χ0n) is 23.6. The van der Waals surface area contributed by atoms with E-state index >= 15 is 0 Å². The topological polar surface area (TPSA) is 88.5 Å². The first-order valence-corrected chi connectivity index (χ1v) is 13.2. The molecule has 0 saturated carbocycles. The Labute approximate surface area is 224 Å². The number of nitrogens with one attached hydrogen (secondary N) is 1. The van der Waals surface area contributed by atoms with E-state index in [0.717, 1.165) is 60.0 Å². The molecule has 1 atom stereocenters. The van der Waals surface area contributed by atoms with E-state index in [1.807, 2.05) is 12.4 Å². The number of esters is 1. The first kappa shape index (κ1) is 27.6. The van der Waals surface area contributed by atoms with Crippen molar-refractivity contribution >= 4 is 27.8 Å². The van der Waals surface area contributed by atoms with Gasteiger partial charge in [0.1, 0.15) is 5.75 Å². The van der Waals surface area contributed by atoms with Gasteiger partial charge in [-0.1, -0.05) is 0 Å². The van der Waals surface area contributed by atoms with Gasteiger partial charge in [-0.05, 0) is 58.8 Å². The van der Waals surface area contributed by atoms with E-state index in [-0.39, 0.29) is 12.0 Å². The minimum Gasteiger partial charge on any atom is -0.494 e. The largest absolute Gasteiger partial charge is 0.494 e. The minimum atomic E-state index is -0.338. The average molecular weight is 521 g/mol. The van der Waals surface area contributed by atoms with Crippen molar-refractivity contribution in [3.63, 3.8) is 0 Å². The molecular weight excluding hydrogens is 480 g/mol. The van der Waals surface area contributed by atoms with Crippen LogP contribution in [0.1, 0.15) is 38.8 Å². The molecule has 4 aromatic heterocycles. The van der Waals surface area contributed by atoms with E-state index < -0.39 is 0 Å². The molecule has 0 saturated heterocycles. The summed E-state index contributed by atoms with van der Waals surface area (Å²) in [5.74, 6) is 0.981. The number of rotatable bonds is 12. The van der Waals surface area contributed by atoms with Crippen LogP contribution in [0.4, 0.5) is 0 Å². The number of hydrogen-bond donors (Lipinski definition) is 1. The maximum Gasteiger partial charge on any atom is 0.308 e. The van der Waals surface area contributed by atoms with Crippen LogP contribution in [0.5, 0.6) is 11.5 Å². The summed E-state index contributed by atoms with van der Waals surface area (Å²) in [4.78, 5) is 28.4. The molecule has 0 spiro atoms. The van der Waals surface area contributed by atoms with Crippen LogP contribution in [0.3, 0.4) is 0 Å². The summed E-state index contributed by atoms with van der Waals surface area (Å²) in [7, 11) is 5.97. The number of methoxy groups -OCH3 is 1. The average Bonchev–Trinajstić information content (AvgIpc) is 3.47. The van der Waals surface area contributed by atoms with Crippen molar-refractivity contribution in [1.82, 2.24) is 29.3 Å². The Hall–Kier alpha value is -3.43. The summed E-state index contributed by atoms with van der Waals surface area (Å²) in [5.41, 5.74) is 4.36. The molecule has 0 aliphatic rings. The molecule has 4 rings (SSSR count). The van der Waals surface area contributed by atoms with Crippen LogP contribution < -0.4 is 9.47 Å². The van der Waals surface area contributed by atoms with Gasteiger partial charge >= 0.3 is 5.97 Å². The number of hydrogen-bond acceptors (Lipinski definition) is 7. The molecule has 0 bridgehead atoms. The van der Waals surface area contributed by atoms with Gasteiger partial charge in [-0.25, -0.2) is 0 Å². The number of ether oxygens (including phenoxy) is 2. The molecular formula is C29H40N6O3. The molecule has 4 heterocycles. The van der Waals surface area contributed by atoms with Gasteiger partial charge in [-0.15, -0.1) is 0 Å². The Kier molecular flexibility index (Phi) is 8.69. The van der Waals surface area contributed by atoms with Crippen molar-refractivity contribution in [2.75, 3.05) is 34.3 Å². The number of aromatic amines is 1. The van der Waals surface area contributed by atoms with Gasteiger partial charge in [0, 0.05) is 61.8 Å².